The maximum Gasteiger partial charge on any atom is 0.328 e. The minimum Gasteiger partial charge on any atom is -0.493 e. The Hall–Kier alpha value is -3.07. The van der Waals surface area contributed by atoms with E-state index in [-0.39, 0.29) is 11.6 Å². The first-order valence-electron chi connectivity index (χ1n) is 11.3. The molecule has 1 amide bonds. The number of nitrogens with zero attached hydrogens (tertiary/aromatic N) is 2. The van der Waals surface area contributed by atoms with Crippen LogP contribution in [0.25, 0.3) is 11.0 Å². The van der Waals surface area contributed by atoms with Crippen LogP contribution in [0.3, 0.4) is 0 Å². The molecule has 1 aliphatic rings. The van der Waals surface area contributed by atoms with Crippen molar-refractivity contribution in [3.8, 4) is 17.2 Å². The lowest BCUT2D eigenvalue weighted by Crippen LogP contribution is -2.19. The Morgan fingerprint density at radius 1 is 0.912 bits per heavy atom. The van der Waals surface area contributed by atoms with E-state index in [0.717, 1.165) is 28.8 Å². The molecule has 182 valence electrons. The molecule has 1 fully saturated rings. The number of fused-ring (bicyclic) bond motifs is 1. The molecule has 8 nitrogen and oxygen atoms in total. The van der Waals surface area contributed by atoms with Crippen LogP contribution in [0.2, 0.25) is 0 Å². The van der Waals surface area contributed by atoms with Crippen molar-refractivity contribution in [1.29, 1.82) is 0 Å². The van der Waals surface area contributed by atoms with Crippen LogP contribution in [0.1, 0.15) is 42.5 Å². The summed E-state index contributed by atoms with van der Waals surface area (Å²) in [6.07, 6.45) is 6.01. The van der Waals surface area contributed by atoms with Crippen molar-refractivity contribution in [3.05, 3.63) is 40.3 Å². The fourth-order valence-corrected chi connectivity index (χ4v) is 5.84. The van der Waals surface area contributed by atoms with E-state index in [1.807, 2.05) is 12.1 Å². The predicted molar refractivity (Wildman–Crippen MR) is 135 cm³/mol. The van der Waals surface area contributed by atoms with Crippen molar-refractivity contribution in [2.75, 3.05) is 26.6 Å². The summed E-state index contributed by atoms with van der Waals surface area (Å²) in [5.74, 6) is 0.940. The third kappa shape index (κ3) is 4.49. The minimum atomic E-state index is -0.301. The van der Waals surface area contributed by atoms with Crippen molar-refractivity contribution in [1.82, 2.24) is 9.13 Å². The van der Waals surface area contributed by atoms with E-state index in [4.69, 9.17) is 14.2 Å². The molecule has 0 radical (unpaired) electrons. The van der Waals surface area contributed by atoms with Crippen LogP contribution < -0.4 is 25.2 Å². The average Bonchev–Trinajstić information content (AvgIpc) is 3.06. The van der Waals surface area contributed by atoms with Gasteiger partial charge in [0.2, 0.25) is 5.75 Å². The Kier molecular flexibility index (Phi) is 7.11. The number of carbonyl (C=O) groups is 1. The molecule has 34 heavy (non-hydrogen) atoms. The average molecular weight is 486 g/mol. The molecule has 1 aliphatic carbocycles. The minimum absolute atomic E-state index is 0.100. The largest absolute Gasteiger partial charge is 0.493 e. The van der Waals surface area contributed by atoms with Crippen molar-refractivity contribution in [2.24, 2.45) is 14.1 Å². The monoisotopic (exact) mass is 485 g/mol. The Morgan fingerprint density at radius 3 is 2.06 bits per heavy atom. The molecule has 1 aromatic heterocycles. The summed E-state index contributed by atoms with van der Waals surface area (Å²) in [5.41, 5.74) is 2.57. The van der Waals surface area contributed by atoms with E-state index >= 15 is 0 Å². The van der Waals surface area contributed by atoms with E-state index in [9.17, 15) is 9.59 Å². The highest BCUT2D eigenvalue weighted by Gasteiger charge is 2.22. The van der Waals surface area contributed by atoms with Gasteiger partial charge >= 0.3 is 5.69 Å². The van der Waals surface area contributed by atoms with E-state index in [1.54, 1.807) is 47.1 Å². The van der Waals surface area contributed by atoms with Gasteiger partial charge in [-0.25, -0.2) is 4.79 Å². The van der Waals surface area contributed by atoms with Crippen LogP contribution in [-0.4, -0.2) is 41.6 Å². The summed E-state index contributed by atoms with van der Waals surface area (Å²) in [7, 11) is 8.06. The van der Waals surface area contributed by atoms with Gasteiger partial charge in [0.05, 0.1) is 38.1 Å². The van der Waals surface area contributed by atoms with Crippen LogP contribution in [0.15, 0.2) is 34.0 Å². The highest BCUT2D eigenvalue weighted by atomic mass is 32.2. The second-order valence-corrected chi connectivity index (χ2v) is 9.83. The lowest BCUT2D eigenvalue weighted by atomic mass is 10.0. The topological polar surface area (TPSA) is 83.7 Å². The Bertz CT molecular complexity index is 1250. The van der Waals surface area contributed by atoms with Crippen molar-refractivity contribution >= 4 is 34.4 Å². The second kappa shape index (κ2) is 10.0. The number of methoxy groups -OCH3 is 3. The maximum absolute atomic E-state index is 13.3. The fourth-order valence-electron chi connectivity index (χ4n) is 4.49. The summed E-state index contributed by atoms with van der Waals surface area (Å²) in [5, 5.41) is 3.56. The van der Waals surface area contributed by atoms with Gasteiger partial charge < -0.3 is 19.5 Å². The first kappa shape index (κ1) is 24.1. The van der Waals surface area contributed by atoms with Crippen molar-refractivity contribution < 1.29 is 19.0 Å². The van der Waals surface area contributed by atoms with E-state index in [1.165, 1.54) is 40.6 Å². The van der Waals surface area contributed by atoms with Gasteiger partial charge in [-0.3, -0.25) is 13.9 Å². The van der Waals surface area contributed by atoms with Crippen LogP contribution in [-0.2, 0) is 14.1 Å². The number of ether oxygens (including phenoxy) is 3. The van der Waals surface area contributed by atoms with Gasteiger partial charge in [0.25, 0.3) is 5.91 Å². The lowest BCUT2D eigenvalue weighted by Gasteiger charge is -2.22. The molecule has 1 N–H and O–H groups in total. The van der Waals surface area contributed by atoms with Gasteiger partial charge in [0, 0.05) is 29.8 Å². The normalized spacial score (nSPS) is 14.3. The van der Waals surface area contributed by atoms with Crippen molar-refractivity contribution in [3.63, 3.8) is 0 Å². The molecular weight excluding hydrogens is 454 g/mol. The van der Waals surface area contributed by atoms with Crippen molar-refractivity contribution in [2.45, 2.75) is 42.2 Å². The number of carbonyl (C=O) groups excluding carboxylic acids is 1. The van der Waals surface area contributed by atoms with Gasteiger partial charge in [-0.05, 0) is 37.1 Å². The Labute approximate surface area is 203 Å². The molecule has 1 heterocycles. The summed E-state index contributed by atoms with van der Waals surface area (Å²) in [6.45, 7) is 0. The SMILES string of the molecule is COc1cc(C(=O)Nc2cc3c(cc2SC2CCCCC2)n(C)c(=O)n3C)cc(OC)c1OC. The molecule has 1 saturated carbocycles. The number of benzene rings is 2. The van der Waals surface area contributed by atoms with Crippen LogP contribution in [0, 0.1) is 0 Å². The van der Waals surface area contributed by atoms with E-state index in [2.05, 4.69) is 5.32 Å². The van der Waals surface area contributed by atoms with E-state index < -0.39 is 0 Å². The van der Waals surface area contributed by atoms with E-state index in [0.29, 0.717) is 33.7 Å². The smallest absolute Gasteiger partial charge is 0.328 e. The first-order chi connectivity index (χ1) is 16.4. The molecule has 4 rings (SSSR count). The van der Waals surface area contributed by atoms with Crippen LogP contribution in [0.5, 0.6) is 17.2 Å². The molecule has 2 aromatic carbocycles. The second-order valence-electron chi connectivity index (χ2n) is 8.48. The number of amides is 1. The molecule has 0 spiro atoms. The van der Waals surface area contributed by atoms with Crippen LogP contribution in [0.4, 0.5) is 5.69 Å². The zero-order chi connectivity index (χ0) is 24.4. The number of hydrogen-bond donors (Lipinski definition) is 1. The molecule has 0 aliphatic heterocycles. The van der Waals surface area contributed by atoms with Gasteiger partial charge in [-0.2, -0.15) is 0 Å². The molecule has 0 unspecified atom stereocenters. The summed E-state index contributed by atoms with van der Waals surface area (Å²) < 4.78 is 19.4. The number of aromatic nitrogens is 2. The number of anilines is 1. The zero-order valence-corrected chi connectivity index (χ0v) is 21.1. The molecule has 0 saturated heterocycles. The summed E-state index contributed by atoms with van der Waals surface area (Å²) in [6, 6.07) is 7.15. The Balaban J connectivity index is 1.75. The van der Waals surface area contributed by atoms with Gasteiger partial charge in [0.1, 0.15) is 0 Å². The summed E-state index contributed by atoms with van der Waals surface area (Å²) in [4.78, 5) is 26.8. The zero-order valence-electron chi connectivity index (χ0n) is 20.3. The number of hydrogen-bond acceptors (Lipinski definition) is 6. The third-order valence-electron chi connectivity index (χ3n) is 6.39. The maximum atomic E-state index is 13.3. The number of thioether (sulfide) groups is 1. The fraction of sp³-hybridized carbons (Fsp3) is 0.440. The third-order valence-corrected chi connectivity index (χ3v) is 7.79. The number of aryl methyl sites for hydroxylation is 2. The quantitative estimate of drug-likeness (QED) is 0.527. The predicted octanol–water partition coefficient (Wildman–Crippen LogP) is 4.58. The molecular formula is C25H31N3O5S. The molecule has 0 atom stereocenters. The Morgan fingerprint density at radius 2 is 1.50 bits per heavy atom. The van der Waals surface area contributed by atoms with Gasteiger partial charge in [-0.15, -0.1) is 11.8 Å². The summed E-state index contributed by atoms with van der Waals surface area (Å²) >= 11 is 1.78. The highest BCUT2D eigenvalue weighted by molar-refractivity contribution is 8.00. The number of rotatable bonds is 7. The van der Waals surface area contributed by atoms with Gasteiger partial charge in [0.15, 0.2) is 11.5 Å². The standard InChI is InChI=1S/C25H31N3O5S/c1-27-18-13-17(26-24(29)15-11-20(31-3)23(33-5)21(12-15)32-4)22(14-19(18)28(2)25(27)30)34-16-9-7-6-8-10-16/h11-14,16H,6-10H2,1-5H3,(H,26,29). The lowest BCUT2D eigenvalue weighted by molar-refractivity contribution is 0.102. The van der Waals surface area contributed by atoms with Crippen LogP contribution >= 0.6 is 11.8 Å². The van der Waals surface area contributed by atoms with Gasteiger partial charge in [-0.1, -0.05) is 19.3 Å². The molecule has 9 heteroatoms. The number of imidazole rings is 1. The first-order valence-corrected chi connectivity index (χ1v) is 12.2. The molecule has 0 bridgehead atoms. The number of nitrogens with one attached hydrogen (secondary N) is 1. The molecule has 3 aromatic rings. The highest BCUT2D eigenvalue weighted by Crippen LogP contribution is 2.41.